The van der Waals surface area contributed by atoms with E-state index in [1.165, 1.54) is 6.07 Å². The summed E-state index contributed by atoms with van der Waals surface area (Å²) < 4.78 is 15.1. The number of rotatable bonds is 4. The van der Waals surface area contributed by atoms with E-state index in [9.17, 15) is 9.18 Å². The molecule has 3 unspecified atom stereocenters. The van der Waals surface area contributed by atoms with Gasteiger partial charge in [0.2, 0.25) is 5.91 Å². The largest absolute Gasteiger partial charge is 0.345 e. The van der Waals surface area contributed by atoms with Crippen LogP contribution in [0.5, 0.6) is 0 Å². The Morgan fingerprint density at radius 2 is 1.96 bits per heavy atom. The lowest BCUT2D eigenvalue weighted by Gasteiger charge is -2.22. The van der Waals surface area contributed by atoms with Gasteiger partial charge in [0.25, 0.3) is 0 Å². The average Bonchev–Trinajstić information content (AvgIpc) is 3.00. The standard InChI is InChI=1S/C19H20BrFN2O/c20-14-7-9-16(17(21)11-14)18(12-4-2-1-3-5-12)23-19(24)13-6-8-15(22)10-13/h1-5,7,9,11,13,15,18H,6,8,10,22H2,(H,23,24). The molecule has 0 heterocycles. The van der Waals surface area contributed by atoms with Crippen molar-refractivity contribution < 1.29 is 9.18 Å². The third-order valence-electron chi connectivity index (χ3n) is 4.54. The molecule has 0 radical (unpaired) electrons. The van der Waals surface area contributed by atoms with E-state index in [2.05, 4.69) is 21.2 Å². The van der Waals surface area contributed by atoms with Gasteiger partial charge < -0.3 is 11.1 Å². The Labute approximate surface area is 149 Å². The van der Waals surface area contributed by atoms with Crippen molar-refractivity contribution in [2.45, 2.75) is 31.3 Å². The summed E-state index contributed by atoms with van der Waals surface area (Å²) in [5.41, 5.74) is 7.23. The lowest BCUT2D eigenvalue weighted by atomic mass is 9.96. The SMILES string of the molecule is NC1CCC(C(=O)NC(c2ccccc2)c2ccc(Br)cc2F)C1. The predicted octanol–water partition coefficient (Wildman–Crippen LogP) is 3.92. The minimum absolute atomic E-state index is 0.0564. The molecule has 1 aliphatic carbocycles. The Bertz CT molecular complexity index is 723. The quantitative estimate of drug-likeness (QED) is 0.830. The first-order chi connectivity index (χ1) is 11.5. The van der Waals surface area contributed by atoms with Gasteiger partial charge in [-0.15, -0.1) is 0 Å². The van der Waals surface area contributed by atoms with E-state index in [-0.39, 0.29) is 23.7 Å². The van der Waals surface area contributed by atoms with Gasteiger partial charge in [-0.1, -0.05) is 52.3 Å². The molecule has 1 fully saturated rings. The van der Waals surface area contributed by atoms with Crippen LogP contribution < -0.4 is 11.1 Å². The van der Waals surface area contributed by atoms with Crippen molar-refractivity contribution in [2.75, 3.05) is 0 Å². The van der Waals surface area contributed by atoms with Crippen LogP contribution in [0, 0.1) is 11.7 Å². The fourth-order valence-corrected chi connectivity index (χ4v) is 3.57. The maximum atomic E-state index is 14.5. The van der Waals surface area contributed by atoms with Crippen LogP contribution in [-0.2, 0) is 4.79 Å². The van der Waals surface area contributed by atoms with Crippen molar-refractivity contribution in [2.24, 2.45) is 11.7 Å². The van der Waals surface area contributed by atoms with E-state index >= 15 is 0 Å². The highest BCUT2D eigenvalue weighted by atomic mass is 79.9. The second-order valence-corrected chi connectivity index (χ2v) is 7.20. The second-order valence-electron chi connectivity index (χ2n) is 6.29. The van der Waals surface area contributed by atoms with Gasteiger partial charge in [0.05, 0.1) is 6.04 Å². The van der Waals surface area contributed by atoms with Crippen molar-refractivity contribution in [3.63, 3.8) is 0 Å². The molecule has 3 nitrogen and oxygen atoms in total. The average molecular weight is 391 g/mol. The molecule has 0 saturated heterocycles. The zero-order valence-electron chi connectivity index (χ0n) is 13.2. The Hall–Kier alpha value is -1.72. The Kier molecular flexibility index (Phi) is 5.31. The maximum Gasteiger partial charge on any atom is 0.223 e. The molecule has 3 N–H and O–H groups in total. The number of hydrogen-bond acceptors (Lipinski definition) is 2. The lowest BCUT2D eigenvalue weighted by molar-refractivity contribution is -0.125. The molecule has 2 aromatic carbocycles. The van der Waals surface area contributed by atoms with Crippen LogP contribution in [-0.4, -0.2) is 11.9 Å². The van der Waals surface area contributed by atoms with Gasteiger partial charge in [-0.25, -0.2) is 4.39 Å². The third-order valence-corrected chi connectivity index (χ3v) is 5.03. The molecule has 5 heteroatoms. The maximum absolute atomic E-state index is 14.5. The van der Waals surface area contributed by atoms with Crippen LogP contribution in [0.1, 0.15) is 36.4 Å². The summed E-state index contributed by atoms with van der Waals surface area (Å²) >= 11 is 3.27. The summed E-state index contributed by atoms with van der Waals surface area (Å²) in [6.45, 7) is 0. The highest BCUT2D eigenvalue weighted by molar-refractivity contribution is 9.10. The van der Waals surface area contributed by atoms with Crippen molar-refractivity contribution in [3.05, 3.63) is 69.9 Å². The molecular weight excluding hydrogens is 371 g/mol. The Morgan fingerprint density at radius 3 is 2.58 bits per heavy atom. The summed E-state index contributed by atoms with van der Waals surface area (Å²) in [6.07, 6.45) is 2.34. The summed E-state index contributed by atoms with van der Waals surface area (Å²) in [6, 6.07) is 13.9. The molecule has 1 amide bonds. The molecule has 3 atom stereocenters. The van der Waals surface area contributed by atoms with Crippen molar-refractivity contribution in [1.29, 1.82) is 0 Å². The number of carbonyl (C=O) groups excluding carboxylic acids is 1. The number of nitrogens with one attached hydrogen (secondary N) is 1. The van der Waals surface area contributed by atoms with E-state index in [1.807, 2.05) is 30.3 Å². The molecule has 0 spiro atoms. The highest BCUT2D eigenvalue weighted by Crippen LogP contribution is 2.29. The van der Waals surface area contributed by atoms with Gasteiger partial charge in [0, 0.05) is 22.0 Å². The van der Waals surface area contributed by atoms with E-state index in [4.69, 9.17) is 5.73 Å². The zero-order chi connectivity index (χ0) is 17.1. The second kappa shape index (κ2) is 7.45. The molecule has 3 rings (SSSR count). The molecule has 24 heavy (non-hydrogen) atoms. The van der Waals surface area contributed by atoms with Gasteiger partial charge in [-0.05, 0) is 37.0 Å². The molecule has 0 aliphatic heterocycles. The number of nitrogens with two attached hydrogens (primary N) is 1. The van der Waals surface area contributed by atoms with E-state index in [1.54, 1.807) is 12.1 Å². The first kappa shape index (κ1) is 17.1. The smallest absolute Gasteiger partial charge is 0.223 e. The number of hydrogen-bond donors (Lipinski definition) is 2. The molecule has 1 saturated carbocycles. The van der Waals surface area contributed by atoms with Gasteiger partial charge in [-0.2, -0.15) is 0 Å². The summed E-state index contributed by atoms with van der Waals surface area (Å²) in [5, 5.41) is 3.02. The first-order valence-corrected chi connectivity index (χ1v) is 8.89. The van der Waals surface area contributed by atoms with Gasteiger partial charge in [0.1, 0.15) is 5.82 Å². The van der Waals surface area contributed by atoms with Gasteiger partial charge >= 0.3 is 0 Å². The van der Waals surface area contributed by atoms with Crippen LogP contribution in [0.4, 0.5) is 4.39 Å². The minimum Gasteiger partial charge on any atom is -0.345 e. The monoisotopic (exact) mass is 390 g/mol. The van der Waals surface area contributed by atoms with Crippen LogP contribution in [0.25, 0.3) is 0 Å². The predicted molar refractivity (Wildman–Crippen MR) is 95.8 cm³/mol. The number of carbonyl (C=O) groups is 1. The summed E-state index contributed by atoms with van der Waals surface area (Å²) in [4.78, 5) is 12.6. The summed E-state index contributed by atoms with van der Waals surface area (Å²) in [5.74, 6) is -0.495. The molecule has 126 valence electrons. The Morgan fingerprint density at radius 1 is 1.21 bits per heavy atom. The van der Waals surface area contributed by atoms with Crippen LogP contribution in [0.2, 0.25) is 0 Å². The van der Waals surface area contributed by atoms with Crippen LogP contribution >= 0.6 is 15.9 Å². The van der Waals surface area contributed by atoms with Crippen molar-refractivity contribution in [1.82, 2.24) is 5.32 Å². The number of benzene rings is 2. The normalized spacial score (nSPS) is 21.5. The number of halogens is 2. The van der Waals surface area contributed by atoms with Crippen molar-refractivity contribution >= 4 is 21.8 Å². The minimum atomic E-state index is -0.511. The molecule has 0 aromatic heterocycles. The van der Waals surface area contributed by atoms with E-state index in [0.29, 0.717) is 16.5 Å². The van der Waals surface area contributed by atoms with Gasteiger partial charge in [0.15, 0.2) is 0 Å². The van der Waals surface area contributed by atoms with E-state index < -0.39 is 6.04 Å². The topological polar surface area (TPSA) is 55.1 Å². The highest BCUT2D eigenvalue weighted by Gasteiger charge is 2.30. The lowest BCUT2D eigenvalue weighted by Crippen LogP contribution is -2.34. The van der Waals surface area contributed by atoms with Crippen molar-refractivity contribution in [3.8, 4) is 0 Å². The third kappa shape index (κ3) is 3.84. The first-order valence-electron chi connectivity index (χ1n) is 8.10. The molecule has 0 bridgehead atoms. The van der Waals surface area contributed by atoms with Crippen LogP contribution in [0.3, 0.4) is 0 Å². The molecule has 2 aromatic rings. The number of amides is 1. The van der Waals surface area contributed by atoms with Crippen LogP contribution in [0.15, 0.2) is 53.0 Å². The van der Waals surface area contributed by atoms with E-state index in [0.717, 1.165) is 18.4 Å². The fourth-order valence-electron chi connectivity index (χ4n) is 3.24. The Balaban J connectivity index is 1.89. The zero-order valence-corrected chi connectivity index (χ0v) is 14.8. The molecule has 1 aliphatic rings. The molecular formula is C19H20BrFN2O. The fraction of sp³-hybridized carbons (Fsp3) is 0.316. The van der Waals surface area contributed by atoms with Gasteiger partial charge in [-0.3, -0.25) is 4.79 Å². The summed E-state index contributed by atoms with van der Waals surface area (Å²) in [7, 11) is 0.